The SMILES string of the molecule is CCN1CCC(CNc2nccc(C(=O)O)c2F)CC1. The van der Waals surface area contributed by atoms with Gasteiger partial charge in [0.2, 0.25) is 0 Å². The lowest BCUT2D eigenvalue weighted by molar-refractivity contribution is 0.0692. The Morgan fingerprint density at radius 3 is 2.85 bits per heavy atom. The van der Waals surface area contributed by atoms with Gasteiger partial charge in [0.05, 0.1) is 0 Å². The second kappa shape index (κ2) is 6.65. The molecule has 5 nitrogen and oxygen atoms in total. The molecular formula is C14H20FN3O2. The predicted octanol–water partition coefficient (Wildman–Crippen LogP) is 2.06. The molecule has 0 saturated carbocycles. The van der Waals surface area contributed by atoms with E-state index in [9.17, 15) is 9.18 Å². The highest BCUT2D eigenvalue weighted by atomic mass is 19.1. The lowest BCUT2D eigenvalue weighted by Gasteiger charge is -2.31. The minimum absolute atomic E-state index is 0.0304. The minimum Gasteiger partial charge on any atom is -0.478 e. The van der Waals surface area contributed by atoms with Gasteiger partial charge in [0.1, 0.15) is 5.56 Å². The van der Waals surface area contributed by atoms with Crippen molar-refractivity contribution >= 4 is 11.8 Å². The number of halogens is 1. The lowest BCUT2D eigenvalue weighted by atomic mass is 9.97. The molecule has 0 unspecified atom stereocenters. The number of aromatic carboxylic acids is 1. The first-order valence-corrected chi connectivity index (χ1v) is 6.95. The van der Waals surface area contributed by atoms with Crippen molar-refractivity contribution < 1.29 is 14.3 Å². The first kappa shape index (κ1) is 14.7. The molecule has 0 atom stereocenters. The third kappa shape index (κ3) is 3.45. The summed E-state index contributed by atoms with van der Waals surface area (Å²) in [5, 5.41) is 11.8. The van der Waals surface area contributed by atoms with E-state index in [0.717, 1.165) is 32.5 Å². The number of carbonyl (C=O) groups is 1. The number of anilines is 1. The standard InChI is InChI=1S/C14H20FN3O2/c1-2-18-7-4-10(5-8-18)9-17-13-12(15)11(14(19)20)3-6-16-13/h3,6,10H,2,4-5,7-9H2,1H3,(H,16,17)(H,19,20). The van der Waals surface area contributed by atoms with E-state index < -0.39 is 11.8 Å². The second-order valence-corrected chi connectivity index (χ2v) is 5.08. The molecule has 0 aromatic carbocycles. The van der Waals surface area contributed by atoms with Gasteiger partial charge in [0.15, 0.2) is 11.6 Å². The lowest BCUT2D eigenvalue weighted by Crippen LogP contribution is -2.35. The van der Waals surface area contributed by atoms with Crippen LogP contribution in [0.1, 0.15) is 30.1 Å². The van der Waals surface area contributed by atoms with Crippen LogP contribution in [0, 0.1) is 11.7 Å². The number of piperidine rings is 1. The average Bonchev–Trinajstić information content (AvgIpc) is 2.46. The molecule has 6 heteroatoms. The highest BCUT2D eigenvalue weighted by molar-refractivity contribution is 5.88. The Labute approximate surface area is 117 Å². The number of hydrogen-bond donors (Lipinski definition) is 2. The van der Waals surface area contributed by atoms with Crippen molar-refractivity contribution in [3.05, 3.63) is 23.6 Å². The van der Waals surface area contributed by atoms with Gasteiger partial charge in [-0.1, -0.05) is 6.92 Å². The third-order valence-corrected chi connectivity index (χ3v) is 3.83. The Balaban J connectivity index is 1.92. The van der Waals surface area contributed by atoms with Crippen LogP contribution in [0.2, 0.25) is 0 Å². The summed E-state index contributed by atoms with van der Waals surface area (Å²) >= 11 is 0. The zero-order valence-electron chi connectivity index (χ0n) is 11.6. The van der Waals surface area contributed by atoms with Gasteiger partial charge in [-0.25, -0.2) is 14.2 Å². The molecule has 1 aliphatic heterocycles. The predicted molar refractivity (Wildman–Crippen MR) is 74.5 cm³/mol. The Kier molecular flexibility index (Phi) is 4.89. The van der Waals surface area contributed by atoms with Crippen molar-refractivity contribution in [2.45, 2.75) is 19.8 Å². The van der Waals surface area contributed by atoms with E-state index >= 15 is 0 Å². The Morgan fingerprint density at radius 1 is 1.55 bits per heavy atom. The highest BCUT2D eigenvalue weighted by Crippen LogP contribution is 2.19. The molecule has 0 aliphatic carbocycles. The van der Waals surface area contributed by atoms with Gasteiger partial charge in [0.25, 0.3) is 0 Å². The van der Waals surface area contributed by atoms with Crippen LogP contribution in [0.5, 0.6) is 0 Å². The number of hydrogen-bond acceptors (Lipinski definition) is 4. The van der Waals surface area contributed by atoms with Crippen molar-refractivity contribution in [1.29, 1.82) is 0 Å². The van der Waals surface area contributed by atoms with E-state index in [-0.39, 0.29) is 11.4 Å². The summed E-state index contributed by atoms with van der Waals surface area (Å²) in [6, 6.07) is 1.17. The van der Waals surface area contributed by atoms with Crippen LogP contribution in [0.4, 0.5) is 10.2 Å². The fraction of sp³-hybridized carbons (Fsp3) is 0.571. The number of nitrogens with one attached hydrogen (secondary N) is 1. The first-order chi connectivity index (χ1) is 9.61. The minimum atomic E-state index is -1.27. The Hall–Kier alpha value is -1.69. The maximum Gasteiger partial charge on any atom is 0.338 e. The van der Waals surface area contributed by atoms with Crippen molar-refractivity contribution in [1.82, 2.24) is 9.88 Å². The zero-order chi connectivity index (χ0) is 14.5. The molecule has 20 heavy (non-hydrogen) atoms. The smallest absolute Gasteiger partial charge is 0.338 e. The second-order valence-electron chi connectivity index (χ2n) is 5.08. The van der Waals surface area contributed by atoms with Crippen molar-refractivity contribution in [2.24, 2.45) is 5.92 Å². The zero-order valence-corrected chi connectivity index (χ0v) is 11.6. The molecule has 0 bridgehead atoms. The maximum atomic E-state index is 13.9. The molecule has 1 saturated heterocycles. The molecule has 1 fully saturated rings. The van der Waals surface area contributed by atoms with Crippen molar-refractivity contribution in [2.75, 3.05) is 31.5 Å². The highest BCUT2D eigenvalue weighted by Gasteiger charge is 2.19. The van der Waals surface area contributed by atoms with E-state index in [4.69, 9.17) is 5.11 Å². The molecule has 2 heterocycles. The van der Waals surface area contributed by atoms with Gasteiger partial charge in [-0.3, -0.25) is 0 Å². The van der Waals surface area contributed by atoms with Gasteiger partial charge in [-0.15, -0.1) is 0 Å². The molecule has 1 aromatic rings. The number of carboxylic acids is 1. The Bertz CT molecular complexity index is 473. The van der Waals surface area contributed by atoms with Gasteiger partial charge in [-0.05, 0) is 44.5 Å². The summed E-state index contributed by atoms with van der Waals surface area (Å²) in [7, 11) is 0. The van der Waals surface area contributed by atoms with E-state index in [1.807, 2.05) is 0 Å². The van der Waals surface area contributed by atoms with Gasteiger partial charge in [-0.2, -0.15) is 0 Å². The summed E-state index contributed by atoms with van der Waals surface area (Å²) in [6.45, 7) is 5.97. The number of aromatic nitrogens is 1. The summed E-state index contributed by atoms with van der Waals surface area (Å²) in [5.41, 5.74) is -0.344. The van der Waals surface area contributed by atoms with Crippen LogP contribution in [0.15, 0.2) is 12.3 Å². The molecule has 0 radical (unpaired) electrons. The van der Waals surface area contributed by atoms with Gasteiger partial charge in [0, 0.05) is 12.7 Å². The summed E-state index contributed by atoms with van der Waals surface area (Å²) < 4.78 is 13.9. The van der Waals surface area contributed by atoms with E-state index in [1.54, 1.807) is 0 Å². The molecule has 0 amide bonds. The van der Waals surface area contributed by atoms with Crippen LogP contribution in [-0.4, -0.2) is 47.1 Å². The van der Waals surface area contributed by atoms with Crippen LogP contribution >= 0.6 is 0 Å². The first-order valence-electron chi connectivity index (χ1n) is 6.95. The van der Waals surface area contributed by atoms with Crippen LogP contribution in [0.3, 0.4) is 0 Å². The number of nitrogens with zero attached hydrogens (tertiary/aromatic N) is 2. The topological polar surface area (TPSA) is 65.5 Å². The Morgan fingerprint density at radius 2 is 2.25 bits per heavy atom. The monoisotopic (exact) mass is 281 g/mol. The molecule has 110 valence electrons. The molecule has 2 N–H and O–H groups in total. The summed E-state index contributed by atoms with van der Waals surface area (Å²) in [6.07, 6.45) is 3.46. The maximum absolute atomic E-state index is 13.9. The molecule has 1 aliphatic rings. The number of rotatable bonds is 5. The fourth-order valence-electron chi connectivity index (χ4n) is 2.48. The number of pyridine rings is 1. The summed E-state index contributed by atoms with van der Waals surface area (Å²) in [5.74, 6) is -1.55. The number of carboxylic acid groups (broad SMARTS) is 1. The van der Waals surface area contributed by atoms with Crippen LogP contribution in [0.25, 0.3) is 0 Å². The normalized spacial score (nSPS) is 17.1. The quantitative estimate of drug-likeness (QED) is 0.865. The molecule has 2 rings (SSSR count). The van der Waals surface area contributed by atoms with E-state index in [2.05, 4.69) is 22.1 Å². The molecule has 0 spiro atoms. The molecular weight excluding hydrogens is 261 g/mol. The number of likely N-dealkylation sites (tertiary alicyclic amines) is 1. The van der Waals surface area contributed by atoms with Crippen LogP contribution < -0.4 is 5.32 Å². The average molecular weight is 281 g/mol. The van der Waals surface area contributed by atoms with E-state index in [1.165, 1.54) is 12.3 Å². The van der Waals surface area contributed by atoms with Crippen LogP contribution in [-0.2, 0) is 0 Å². The van der Waals surface area contributed by atoms with Gasteiger partial charge < -0.3 is 15.3 Å². The molecule has 1 aromatic heterocycles. The van der Waals surface area contributed by atoms with Crippen molar-refractivity contribution in [3.8, 4) is 0 Å². The summed E-state index contributed by atoms with van der Waals surface area (Å²) in [4.78, 5) is 17.1. The van der Waals surface area contributed by atoms with Gasteiger partial charge >= 0.3 is 5.97 Å². The van der Waals surface area contributed by atoms with E-state index in [0.29, 0.717) is 12.5 Å². The fourth-order valence-corrected chi connectivity index (χ4v) is 2.48. The third-order valence-electron chi connectivity index (χ3n) is 3.83. The largest absolute Gasteiger partial charge is 0.478 e. The van der Waals surface area contributed by atoms with Crippen molar-refractivity contribution in [3.63, 3.8) is 0 Å².